The molecule has 0 aromatic heterocycles. The second kappa shape index (κ2) is 6.64. The van der Waals surface area contributed by atoms with Crippen molar-refractivity contribution in [1.29, 1.82) is 0 Å². The lowest BCUT2D eigenvalue weighted by Crippen LogP contribution is -2.23. The highest BCUT2D eigenvalue weighted by molar-refractivity contribution is 7.61. The Hall–Kier alpha value is -2.14. The molecule has 0 amide bonds. The summed E-state index contributed by atoms with van der Waals surface area (Å²) < 4.78 is 24.7. The Morgan fingerprint density at radius 1 is 1.00 bits per heavy atom. The van der Waals surface area contributed by atoms with Gasteiger partial charge in [0, 0.05) is 26.2 Å². The van der Waals surface area contributed by atoms with E-state index in [9.17, 15) is 4.57 Å². The maximum absolute atomic E-state index is 13.8. The van der Waals surface area contributed by atoms with Crippen LogP contribution in [0.2, 0.25) is 0 Å². The third-order valence-corrected chi connectivity index (χ3v) is 7.35. The first-order valence-corrected chi connectivity index (χ1v) is 9.93. The molecule has 6 nitrogen and oxygen atoms in total. The Balaban J connectivity index is 1.68. The van der Waals surface area contributed by atoms with Gasteiger partial charge in [-0.25, -0.2) is 9.34 Å². The van der Waals surface area contributed by atoms with Crippen LogP contribution >= 0.6 is 7.59 Å². The van der Waals surface area contributed by atoms with Crippen molar-refractivity contribution in [2.75, 3.05) is 38.1 Å². The van der Waals surface area contributed by atoms with Gasteiger partial charge >= 0.3 is 7.59 Å². The van der Waals surface area contributed by atoms with Crippen molar-refractivity contribution < 1.29 is 9.30 Å². The number of hydrogen-bond acceptors (Lipinski definition) is 3. The molecule has 2 aliphatic rings. The molecule has 2 aliphatic heterocycles. The topological polar surface area (TPSA) is 47.9 Å². The third kappa shape index (κ3) is 3.33. The molecule has 2 heterocycles. The Morgan fingerprint density at radius 2 is 1.60 bits per heavy atom. The predicted molar refractivity (Wildman–Crippen MR) is 100 cm³/mol. The number of benzene rings is 2. The van der Waals surface area contributed by atoms with Gasteiger partial charge in [-0.15, -0.1) is 0 Å². The van der Waals surface area contributed by atoms with E-state index >= 15 is 0 Å². The minimum Gasteiger partial charge on any atom is -0.497 e. The zero-order chi connectivity index (χ0) is 17.3. The van der Waals surface area contributed by atoms with Gasteiger partial charge in [-0.3, -0.25) is 4.57 Å². The van der Waals surface area contributed by atoms with Crippen LogP contribution in [-0.4, -0.2) is 48.8 Å². The van der Waals surface area contributed by atoms with Crippen molar-refractivity contribution in [3.63, 3.8) is 0 Å². The highest BCUT2D eigenvalue weighted by Crippen LogP contribution is 2.64. The molecule has 0 radical (unpaired) electrons. The van der Waals surface area contributed by atoms with Crippen LogP contribution in [0.1, 0.15) is 5.56 Å². The smallest absolute Gasteiger partial charge is 0.331 e. The molecule has 0 unspecified atom stereocenters. The van der Waals surface area contributed by atoms with Crippen molar-refractivity contribution >= 4 is 19.5 Å². The first kappa shape index (κ1) is 16.3. The van der Waals surface area contributed by atoms with Gasteiger partial charge in [0.1, 0.15) is 5.75 Å². The number of nitrogens with zero attached hydrogens (tertiary/aromatic N) is 4. The minimum absolute atomic E-state index is 0.802. The molecule has 2 aromatic carbocycles. The van der Waals surface area contributed by atoms with Crippen LogP contribution in [0.4, 0.5) is 5.69 Å². The van der Waals surface area contributed by atoms with E-state index in [4.69, 9.17) is 4.74 Å². The van der Waals surface area contributed by atoms with Gasteiger partial charge in [0.05, 0.1) is 19.0 Å². The number of rotatable bonds is 7. The van der Waals surface area contributed by atoms with Gasteiger partial charge in [0.25, 0.3) is 0 Å². The van der Waals surface area contributed by atoms with Gasteiger partial charge in [-0.05, 0) is 42.0 Å². The van der Waals surface area contributed by atoms with Crippen molar-refractivity contribution in [3.05, 3.63) is 60.2 Å². The summed E-state index contributed by atoms with van der Waals surface area (Å²) in [5, 5.41) is 4.64. The first-order valence-electron chi connectivity index (χ1n) is 8.36. The molecular formula is C18H21N4O2P. The predicted octanol–water partition coefficient (Wildman–Crippen LogP) is 3.28. The molecule has 130 valence electrons. The van der Waals surface area contributed by atoms with E-state index in [0.29, 0.717) is 0 Å². The van der Waals surface area contributed by atoms with E-state index in [1.165, 1.54) is 0 Å². The quantitative estimate of drug-likeness (QED) is 0.330. The van der Waals surface area contributed by atoms with E-state index in [-0.39, 0.29) is 0 Å². The lowest BCUT2D eigenvalue weighted by Gasteiger charge is -2.30. The summed E-state index contributed by atoms with van der Waals surface area (Å²) in [6.07, 6.45) is 1.76. The molecule has 0 spiro atoms. The fourth-order valence-corrected chi connectivity index (χ4v) is 5.36. The largest absolute Gasteiger partial charge is 0.497 e. The summed E-state index contributed by atoms with van der Waals surface area (Å²) in [7, 11) is -1.20. The summed E-state index contributed by atoms with van der Waals surface area (Å²) in [6.45, 7) is 3.43. The average molecular weight is 356 g/mol. The van der Waals surface area contributed by atoms with Gasteiger partial charge in [0.15, 0.2) is 0 Å². The number of hydrogen-bond donors (Lipinski definition) is 0. The monoisotopic (exact) mass is 356 g/mol. The molecule has 0 atom stereocenters. The molecule has 7 heteroatoms. The van der Waals surface area contributed by atoms with Gasteiger partial charge in [0.2, 0.25) is 0 Å². The van der Waals surface area contributed by atoms with Gasteiger partial charge in [-0.1, -0.05) is 18.2 Å². The van der Waals surface area contributed by atoms with E-state index < -0.39 is 7.59 Å². The molecule has 0 saturated carbocycles. The lowest BCUT2D eigenvalue weighted by atomic mass is 10.2. The molecule has 0 N–H and O–H groups in total. The fourth-order valence-electron chi connectivity index (χ4n) is 2.69. The number of hydrazone groups is 1. The summed E-state index contributed by atoms with van der Waals surface area (Å²) in [4.78, 5) is 0. The maximum Gasteiger partial charge on any atom is 0.331 e. The summed E-state index contributed by atoms with van der Waals surface area (Å²) >= 11 is 0. The van der Waals surface area contributed by atoms with Crippen LogP contribution in [0.3, 0.4) is 0 Å². The second-order valence-electron chi connectivity index (χ2n) is 6.06. The molecule has 2 fully saturated rings. The molecule has 4 rings (SSSR count). The minimum atomic E-state index is -2.85. The maximum atomic E-state index is 13.8. The zero-order valence-electron chi connectivity index (χ0n) is 14.2. The molecule has 2 aromatic rings. The zero-order valence-corrected chi connectivity index (χ0v) is 15.0. The van der Waals surface area contributed by atoms with Crippen LogP contribution in [0.5, 0.6) is 5.75 Å². The van der Waals surface area contributed by atoms with Crippen molar-refractivity contribution in [2.45, 2.75) is 0 Å². The van der Waals surface area contributed by atoms with Crippen LogP contribution in [0, 0.1) is 0 Å². The van der Waals surface area contributed by atoms with E-state index in [0.717, 1.165) is 43.2 Å². The van der Waals surface area contributed by atoms with Crippen molar-refractivity contribution in [2.24, 2.45) is 5.10 Å². The SMILES string of the molecule is COc1ccc(/C=N/N(c2ccccc2)P(=O)(N2CC2)N2CC2)cc1. The second-order valence-corrected chi connectivity index (χ2v) is 8.60. The Labute approximate surface area is 147 Å². The standard InChI is InChI=1S/C18H21N4O2P/c1-24-18-9-7-16(8-10-18)15-19-22(17-5-3-2-4-6-17)25(23,20-11-12-20)21-13-14-21/h2-10,15H,11-14H2,1H3/b19-15+. The summed E-state index contributed by atoms with van der Waals surface area (Å²) in [5.74, 6) is 0.802. The van der Waals surface area contributed by atoms with Crippen molar-refractivity contribution in [3.8, 4) is 5.75 Å². The average Bonchev–Trinajstić information content (AvgIpc) is 3.55. The van der Waals surface area contributed by atoms with Gasteiger partial charge in [-0.2, -0.15) is 9.88 Å². The highest BCUT2D eigenvalue weighted by Gasteiger charge is 2.52. The van der Waals surface area contributed by atoms with E-state index in [2.05, 4.69) is 5.10 Å². The molecule has 0 bridgehead atoms. The number of para-hydroxylation sites is 1. The highest BCUT2D eigenvalue weighted by atomic mass is 31.2. The van der Waals surface area contributed by atoms with E-state index in [1.807, 2.05) is 63.9 Å². The summed E-state index contributed by atoms with van der Waals surface area (Å²) in [6, 6.07) is 17.4. The Morgan fingerprint density at radius 3 is 2.12 bits per heavy atom. The molecular weight excluding hydrogens is 335 g/mol. The lowest BCUT2D eigenvalue weighted by molar-refractivity contribution is 0.415. The number of methoxy groups -OCH3 is 1. The number of anilines is 1. The molecule has 0 aliphatic carbocycles. The van der Waals surface area contributed by atoms with Crippen LogP contribution in [-0.2, 0) is 4.57 Å². The van der Waals surface area contributed by atoms with Crippen LogP contribution < -0.4 is 9.52 Å². The van der Waals surface area contributed by atoms with E-state index in [1.54, 1.807) is 18.1 Å². The molecule has 2 saturated heterocycles. The van der Waals surface area contributed by atoms with Gasteiger partial charge < -0.3 is 4.74 Å². The first-order chi connectivity index (χ1) is 12.2. The molecule has 25 heavy (non-hydrogen) atoms. The Bertz CT molecular complexity index is 786. The fraction of sp³-hybridized carbons (Fsp3) is 0.278. The number of ether oxygens (including phenoxy) is 1. The normalized spacial score (nSPS) is 17.6. The Kier molecular flexibility index (Phi) is 4.34. The van der Waals surface area contributed by atoms with Crippen molar-refractivity contribution in [1.82, 2.24) is 9.34 Å². The van der Waals surface area contributed by atoms with Crippen LogP contribution in [0.25, 0.3) is 0 Å². The van der Waals surface area contributed by atoms with Crippen LogP contribution in [0.15, 0.2) is 59.7 Å². The third-order valence-electron chi connectivity index (χ3n) is 4.25. The summed E-state index contributed by atoms with van der Waals surface area (Å²) in [5.41, 5.74) is 1.78.